The number of halogens is 3. The van der Waals surface area contributed by atoms with Gasteiger partial charge in [0.05, 0.1) is 6.61 Å². The molecule has 0 radical (unpaired) electrons. The molecule has 0 fully saturated rings. The largest absolute Gasteiger partial charge is 0.404 e. The molecule has 0 aromatic heterocycles. The van der Waals surface area contributed by atoms with Crippen LogP contribution in [0.4, 0.5) is 8.78 Å². The van der Waals surface area contributed by atoms with Crippen LogP contribution < -0.4 is 0 Å². The normalized spacial score (nSPS) is 33.6. The average molecular weight is 305 g/mol. The van der Waals surface area contributed by atoms with Gasteiger partial charge < -0.3 is 4.52 Å². The minimum atomic E-state index is -4.41. The Bertz CT molecular complexity index is 341. The standard InChI is InChI=1S/C8H12BrF2O3P/c1-4-13-15(12)8(10,11)5-6(9)7(2,3)14-15/h5H,4H2,1-3H3. The molecule has 0 N–H and O–H groups in total. The molecule has 0 saturated heterocycles. The van der Waals surface area contributed by atoms with Gasteiger partial charge >= 0.3 is 13.3 Å². The van der Waals surface area contributed by atoms with Gasteiger partial charge in [0.15, 0.2) is 0 Å². The first-order valence-electron chi connectivity index (χ1n) is 4.37. The fourth-order valence-electron chi connectivity index (χ4n) is 1.09. The van der Waals surface area contributed by atoms with Crippen molar-refractivity contribution in [3.8, 4) is 0 Å². The fraction of sp³-hybridized carbons (Fsp3) is 0.750. The third kappa shape index (κ3) is 2.33. The molecular formula is C8H12BrF2O3P. The maximum atomic E-state index is 13.4. The van der Waals surface area contributed by atoms with Crippen molar-refractivity contribution in [2.75, 3.05) is 6.61 Å². The predicted octanol–water partition coefficient (Wildman–Crippen LogP) is 3.90. The molecule has 1 rings (SSSR count). The maximum absolute atomic E-state index is 13.4. The molecule has 7 heteroatoms. The molecule has 0 amide bonds. The lowest BCUT2D eigenvalue weighted by Crippen LogP contribution is -2.34. The van der Waals surface area contributed by atoms with Crippen LogP contribution in [-0.2, 0) is 13.6 Å². The fourth-order valence-corrected chi connectivity index (χ4v) is 3.44. The Morgan fingerprint density at radius 1 is 1.60 bits per heavy atom. The van der Waals surface area contributed by atoms with Crippen molar-refractivity contribution in [2.24, 2.45) is 0 Å². The van der Waals surface area contributed by atoms with Crippen molar-refractivity contribution in [2.45, 2.75) is 32.0 Å². The lowest BCUT2D eigenvalue weighted by Gasteiger charge is -2.37. The Morgan fingerprint density at radius 2 is 2.13 bits per heavy atom. The van der Waals surface area contributed by atoms with Gasteiger partial charge in [-0.05, 0) is 20.8 Å². The predicted molar refractivity (Wildman–Crippen MR) is 56.4 cm³/mol. The molecule has 1 aliphatic rings. The number of rotatable bonds is 2. The highest BCUT2D eigenvalue weighted by atomic mass is 79.9. The van der Waals surface area contributed by atoms with Crippen LogP contribution in [0.3, 0.4) is 0 Å². The maximum Gasteiger partial charge on any atom is 0.404 e. The molecule has 0 aliphatic carbocycles. The summed E-state index contributed by atoms with van der Waals surface area (Å²) in [6.45, 7) is 4.47. The third-order valence-corrected chi connectivity index (χ3v) is 5.23. The van der Waals surface area contributed by atoms with Crippen molar-refractivity contribution < 1.29 is 22.4 Å². The summed E-state index contributed by atoms with van der Waals surface area (Å²) in [5, 5.41) is 0. The Kier molecular flexibility index (Phi) is 3.47. The van der Waals surface area contributed by atoms with E-state index in [2.05, 4.69) is 20.5 Å². The topological polar surface area (TPSA) is 35.5 Å². The Morgan fingerprint density at radius 3 is 2.60 bits per heavy atom. The van der Waals surface area contributed by atoms with E-state index in [4.69, 9.17) is 4.52 Å². The summed E-state index contributed by atoms with van der Waals surface area (Å²) in [7, 11) is -4.41. The minimum Gasteiger partial charge on any atom is -0.304 e. The van der Waals surface area contributed by atoms with E-state index in [0.29, 0.717) is 6.08 Å². The molecule has 0 aromatic carbocycles. The van der Waals surface area contributed by atoms with E-state index in [1.54, 1.807) is 0 Å². The second-order valence-electron chi connectivity index (χ2n) is 3.60. The molecule has 88 valence electrons. The van der Waals surface area contributed by atoms with E-state index in [1.165, 1.54) is 20.8 Å². The lowest BCUT2D eigenvalue weighted by molar-refractivity contribution is 0.0289. The van der Waals surface area contributed by atoms with E-state index < -0.39 is 18.9 Å². The van der Waals surface area contributed by atoms with Gasteiger partial charge in [-0.15, -0.1) is 0 Å². The summed E-state index contributed by atoms with van der Waals surface area (Å²) in [4.78, 5) is 0. The van der Waals surface area contributed by atoms with E-state index >= 15 is 0 Å². The Labute approximate surface area is 95.5 Å². The highest BCUT2D eigenvalue weighted by Gasteiger charge is 2.58. The van der Waals surface area contributed by atoms with E-state index in [-0.39, 0.29) is 11.1 Å². The van der Waals surface area contributed by atoms with Crippen molar-refractivity contribution in [3.05, 3.63) is 10.6 Å². The van der Waals surface area contributed by atoms with E-state index in [1.807, 2.05) is 0 Å². The van der Waals surface area contributed by atoms with Gasteiger partial charge in [0.2, 0.25) is 0 Å². The van der Waals surface area contributed by atoms with Crippen LogP contribution in [0.5, 0.6) is 0 Å². The molecule has 0 saturated carbocycles. The minimum absolute atomic E-state index is 0.0889. The van der Waals surface area contributed by atoms with Crippen LogP contribution >= 0.6 is 23.5 Å². The Hall–Kier alpha value is 0.230. The number of hydrogen-bond donors (Lipinski definition) is 0. The van der Waals surface area contributed by atoms with Gasteiger partial charge in [-0.25, -0.2) is 0 Å². The molecule has 3 nitrogen and oxygen atoms in total. The smallest absolute Gasteiger partial charge is 0.304 e. The monoisotopic (exact) mass is 304 g/mol. The number of hydrogen-bond acceptors (Lipinski definition) is 3. The zero-order valence-corrected chi connectivity index (χ0v) is 11.1. The van der Waals surface area contributed by atoms with E-state index in [0.717, 1.165) is 0 Å². The van der Waals surface area contributed by atoms with Crippen LogP contribution in [-0.4, -0.2) is 17.9 Å². The summed E-state index contributed by atoms with van der Waals surface area (Å²) in [5.41, 5.74) is -4.65. The number of allylic oxidation sites excluding steroid dienone is 1. The van der Waals surface area contributed by atoms with Crippen LogP contribution in [0.15, 0.2) is 10.6 Å². The third-order valence-electron chi connectivity index (χ3n) is 1.89. The summed E-state index contributed by atoms with van der Waals surface area (Å²) >= 11 is 2.97. The van der Waals surface area contributed by atoms with Crippen molar-refractivity contribution in [3.63, 3.8) is 0 Å². The van der Waals surface area contributed by atoms with E-state index in [9.17, 15) is 13.3 Å². The molecule has 0 aromatic rings. The molecule has 1 heterocycles. The first kappa shape index (κ1) is 13.3. The highest BCUT2D eigenvalue weighted by Crippen LogP contribution is 2.68. The first-order valence-corrected chi connectivity index (χ1v) is 6.70. The van der Waals surface area contributed by atoms with Crippen molar-refractivity contribution in [1.29, 1.82) is 0 Å². The van der Waals surface area contributed by atoms with Crippen LogP contribution in [0.25, 0.3) is 0 Å². The summed E-state index contributed by atoms with van der Waals surface area (Å²) < 4.78 is 48.3. The Balaban J connectivity index is 3.19. The second-order valence-corrected chi connectivity index (χ2v) is 6.48. The summed E-state index contributed by atoms with van der Waals surface area (Å²) in [5.74, 6) is 0. The van der Waals surface area contributed by atoms with Crippen LogP contribution in [0.1, 0.15) is 20.8 Å². The van der Waals surface area contributed by atoms with Gasteiger partial charge in [-0.1, -0.05) is 15.9 Å². The van der Waals surface area contributed by atoms with Gasteiger partial charge in [-0.2, -0.15) is 8.78 Å². The summed E-state index contributed by atoms with van der Waals surface area (Å²) in [6, 6.07) is 0. The van der Waals surface area contributed by atoms with Crippen molar-refractivity contribution in [1.82, 2.24) is 0 Å². The number of alkyl halides is 2. The van der Waals surface area contributed by atoms with Gasteiger partial charge in [0.25, 0.3) is 0 Å². The zero-order chi connectivity index (χ0) is 11.9. The summed E-state index contributed by atoms with van der Waals surface area (Å²) in [6.07, 6.45) is 0.590. The lowest BCUT2D eigenvalue weighted by atomic mass is 10.1. The quantitative estimate of drug-likeness (QED) is 0.726. The molecule has 1 aliphatic heterocycles. The van der Waals surface area contributed by atoms with Gasteiger partial charge in [0.1, 0.15) is 5.60 Å². The SMILES string of the molecule is CCOP1(=O)OC(C)(C)C(Br)=CC1(F)F. The van der Waals surface area contributed by atoms with Crippen LogP contribution in [0, 0.1) is 0 Å². The van der Waals surface area contributed by atoms with Crippen LogP contribution in [0.2, 0.25) is 0 Å². The first-order chi connectivity index (χ1) is 6.65. The molecular weight excluding hydrogens is 293 g/mol. The molecule has 0 bridgehead atoms. The molecule has 0 spiro atoms. The second kappa shape index (κ2) is 3.91. The molecule has 1 unspecified atom stereocenters. The average Bonchev–Trinajstić information content (AvgIpc) is 2.00. The van der Waals surface area contributed by atoms with Gasteiger partial charge in [-0.3, -0.25) is 9.09 Å². The molecule has 1 atom stereocenters. The van der Waals surface area contributed by atoms with Crippen molar-refractivity contribution >= 4 is 23.5 Å². The molecule has 15 heavy (non-hydrogen) atoms. The van der Waals surface area contributed by atoms with Gasteiger partial charge in [0, 0.05) is 10.6 Å². The highest BCUT2D eigenvalue weighted by molar-refractivity contribution is 9.11. The zero-order valence-electron chi connectivity index (χ0n) is 8.59.